The second kappa shape index (κ2) is 4.02. The van der Waals surface area contributed by atoms with Gasteiger partial charge in [0.05, 0.1) is 5.75 Å². The lowest BCUT2D eigenvalue weighted by atomic mass is 10.5. The van der Waals surface area contributed by atoms with Crippen molar-refractivity contribution in [1.29, 1.82) is 0 Å². The van der Waals surface area contributed by atoms with Gasteiger partial charge in [0, 0.05) is 0 Å². The molecular formula is C7H11NO2S2. The van der Waals surface area contributed by atoms with Crippen LogP contribution in [0.15, 0.2) is 21.7 Å². The zero-order chi connectivity index (χ0) is 9.03. The van der Waals surface area contributed by atoms with E-state index in [9.17, 15) is 8.42 Å². The highest BCUT2D eigenvalue weighted by Gasteiger charge is 2.13. The highest BCUT2D eigenvalue weighted by molar-refractivity contribution is 7.93. The Morgan fingerprint density at radius 2 is 2.25 bits per heavy atom. The van der Waals surface area contributed by atoms with E-state index in [2.05, 4.69) is 0 Å². The Labute approximate surface area is 76.1 Å². The van der Waals surface area contributed by atoms with Gasteiger partial charge in [0.2, 0.25) is 0 Å². The molecule has 0 amide bonds. The molecule has 1 rings (SSSR count). The summed E-state index contributed by atoms with van der Waals surface area (Å²) in [6, 6.07) is 3.36. The first-order valence-electron chi connectivity index (χ1n) is 3.63. The van der Waals surface area contributed by atoms with Crippen LogP contribution in [0.4, 0.5) is 0 Å². The zero-order valence-electron chi connectivity index (χ0n) is 6.56. The van der Waals surface area contributed by atoms with Crippen LogP contribution in [-0.4, -0.2) is 20.7 Å². The topological polar surface area (TPSA) is 60.2 Å². The summed E-state index contributed by atoms with van der Waals surface area (Å²) in [6.07, 6.45) is 0.528. The Balaban J connectivity index is 2.74. The van der Waals surface area contributed by atoms with Crippen LogP contribution in [0.3, 0.4) is 0 Å². The molecule has 0 unspecified atom stereocenters. The van der Waals surface area contributed by atoms with Gasteiger partial charge in [0.1, 0.15) is 4.21 Å². The summed E-state index contributed by atoms with van der Waals surface area (Å²) in [5.74, 6) is 0.157. The number of hydrogen-bond donors (Lipinski definition) is 1. The van der Waals surface area contributed by atoms with Crippen molar-refractivity contribution in [2.75, 3.05) is 12.3 Å². The molecule has 0 spiro atoms. The average Bonchev–Trinajstić information content (AvgIpc) is 2.53. The van der Waals surface area contributed by atoms with Gasteiger partial charge in [-0.05, 0) is 24.4 Å². The first-order valence-corrected chi connectivity index (χ1v) is 6.16. The summed E-state index contributed by atoms with van der Waals surface area (Å²) >= 11 is 1.25. The standard InChI is InChI=1S/C7H11NO2S2/c8-4-2-6-12(9,10)7-3-1-5-11-7/h1,3,5H,2,4,6,8H2. The van der Waals surface area contributed by atoms with Crippen molar-refractivity contribution in [1.82, 2.24) is 0 Å². The third kappa shape index (κ3) is 2.30. The summed E-state index contributed by atoms with van der Waals surface area (Å²) < 4.78 is 23.3. The van der Waals surface area contributed by atoms with E-state index in [1.54, 1.807) is 17.5 Å². The van der Waals surface area contributed by atoms with Crippen LogP contribution in [0.25, 0.3) is 0 Å². The van der Waals surface area contributed by atoms with E-state index in [0.717, 1.165) is 0 Å². The van der Waals surface area contributed by atoms with E-state index < -0.39 is 9.84 Å². The van der Waals surface area contributed by atoms with Gasteiger partial charge in [-0.15, -0.1) is 11.3 Å². The number of thiophene rings is 1. The van der Waals surface area contributed by atoms with Gasteiger partial charge < -0.3 is 5.73 Å². The Bertz CT molecular complexity index is 315. The summed E-state index contributed by atoms with van der Waals surface area (Å²) in [6.45, 7) is 0.421. The summed E-state index contributed by atoms with van der Waals surface area (Å²) in [5, 5.41) is 1.76. The predicted molar refractivity (Wildman–Crippen MR) is 50.0 cm³/mol. The number of nitrogens with two attached hydrogens (primary N) is 1. The molecule has 0 aliphatic rings. The Morgan fingerprint density at radius 3 is 2.75 bits per heavy atom. The van der Waals surface area contributed by atoms with E-state index in [1.807, 2.05) is 0 Å². The maximum absolute atomic E-state index is 11.4. The average molecular weight is 205 g/mol. The molecule has 3 nitrogen and oxygen atoms in total. The van der Waals surface area contributed by atoms with Crippen molar-refractivity contribution in [3.8, 4) is 0 Å². The van der Waals surface area contributed by atoms with E-state index in [0.29, 0.717) is 17.2 Å². The molecule has 68 valence electrons. The highest BCUT2D eigenvalue weighted by atomic mass is 32.2. The molecule has 0 atom stereocenters. The smallest absolute Gasteiger partial charge is 0.187 e. The lowest BCUT2D eigenvalue weighted by Gasteiger charge is -1.98. The largest absolute Gasteiger partial charge is 0.330 e. The third-order valence-corrected chi connectivity index (χ3v) is 4.71. The van der Waals surface area contributed by atoms with Crippen LogP contribution in [0, 0.1) is 0 Å². The second-order valence-corrected chi connectivity index (χ2v) is 5.68. The van der Waals surface area contributed by atoms with E-state index in [4.69, 9.17) is 5.73 Å². The maximum Gasteiger partial charge on any atom is 0.187 e. The minimum Gasteiger partial charge on any atom is -0.330 e. The first kappa shape index (κ1) is 9.70. The van der Waals surface area contributed by atoms with Crippen molar-refractivity contribution in [3.05, 3.63) is 17.5 Å². The fourth-order valence-corrected chi connectivity index (χ4v) is 3.30. The monoisotopic (exact) mass is 205 g/mol. The van der Waals surface area contributed by atoms with Crippen molar-refractivity contribution in [2.45, 2.75) is 10.6 Å². The molecule has 12 heavy (non-hydrogen) atoms. The van der Waals surface area contributed by atoms with E-state index >= 15 is 0 Å². The fraction of sp³-hybridized carbons (Fsp3) is 0.429. The molecule has 1 aromatic heterocycles. The molecule has 0 radical (unpaired) electrons. The van der Waals surface area contributed by atoms with Crippen molar-refractivity contribution < 1.29 is 8.42 Å². The Morgan fingerprint density at radius 1 is 1.50 bits per heavy atom. The molecular weight excluding hydrogens is 194 g/mol. The quantitative estimate of drug-likeness (QED) is 0.793. The molecule has 5 heteroatoms. The van der Waals surface area contributed by atoms with Crippen LogP contribution in [0.5, 0.6) is 0 Å². The zero-order valence-corrected chi connectivity index (χ0v) is 8.20. The van der Waals surface area contributed by atoms with E-state index in [-0.39, 0.29) is 5.75 Å². The Hall–Kier alpha value is -0.390. The molecule has 0 aliphatic carbocycles. The van der Waals surface area contributed by atoms with Crippen LogP contribution < -0.4 is 5.73 Å². The summed E-state index contributed by atoms with van der Waals surface area (Å²) in [7, 11) is -3.04. The molecule has 0 bridgehead atoms. The number of sulfone groups is 1. The molecule has 0 fully saturated rings. The van der Waals surface area contributed by atoms with Crippen LogP contribution in [-0.2, 0) is 9.84 Å². The molecule has 1 aromatic rings. The van der Waals surface area contributed by atoms with Gasteiger partial charge in [-0.25, -0.2) is 8.42 Å². The lowest BCUT2D eigenvalue weighted by Crippen LogP contribution is -2.10. The number of hydrogen-bond acceptors (Lipinski definition) is 4. The number of rotatable bonds is 4. The third-order valence-electron chi connectivity index (χ3n) is 1.42. The summed E-state index contributed by atoms with van der Waals surface area (Å²) in [5.41, 5.74) is 5.23. The molecule has 2 N–H and O–H groups in total. The van der Waals surface area contributed by atoms with Crippen molar-refractivity contribution >= 4 is 21.2 Å². The van der Waals surface area contributed by atoms with Crippen LogP contribution >= 0.6 is 11.3 Å². The van der Waals surface area contributed by atoms with Crippen LogP contribution in [0.1, 0.15) is 6.42 Å². The van der Waals surface area contributed by atoms with Gasteiger partial charge in [0.15, 0.2) is 9.84 Å². The minimum atomic E-state index is -3.04. The van der Waals surface area contributed by atoms with Gasteiger partial charge in [-0.3, -0.25) is 0 Å². The van der Waals surface area contributed by atoms with E-state index in [1.165, 1.54) is 11.3 Å². The Kier molecular flexibility index (Phi) is 3.25. The van der Waals surface area contributed by atoms with Crippen LogP contribution in [0.2, 0.25) is 0 Å². The molecule has 0 aliphatic heterocycles. The van der Waals surface area contributed by atoms with Gasteiger partial charge in [0.25, 0.3) is 0 Å². The molecule has 0 saturated carbocycles. The maximum atomic E-state index is 11.4. The molecule has 1 heterocycles. The van der Waals surface area contributed by atoms with Gasteiger partial charge in [-0.1, -0.05) is 6.07 Å². The normalized spacial score (nSPS) is 11.8. The second-order valence-electron chi connectivity index (χ2n) is 2.39. The summed E-state index contributed by atoms with van der Waals surface area (Å²) in [4.78, 5) is 0. The fourth-order valence-electron chi connectivity index (χ4n) is 0.814. The molecule has 0 aromatic carbocycles. The molecule has 0 saturated heterocycles. The highest BCUT2D eigenvalue weighted by Crippen LogP contribution is 2.17. The lowest BCUT2D eigenvalue weighted by molar-refractivity contribution is 0.595. The van der Waals surface area contributed by atoms with Gasteiger partial charge in [-0.2, -0.15) is 0 Å². The predicted octanol–water partition coefficient (Wildman–Crippen LogP) is 0.871. The van der Waals surface area contributed by atoms with Crippen molar-refractivity contribution in [2.24, 2.45) is 5.73 Å². The van der Waals surface area contributed by atoms with Crippen molar-refractivity contribution in [3.63, 3.8) is 0 Å². The minimum absolute atomic E-state index is 0.157. The SMILES string of the molecule is NCCCS(=O)(=O)c1cccs1. The first-order chi connectivity index (χ1) is 5.67. The van der Waals surface area contributed by atoms with Gasteiger partial charge >= 0.3 is 0 Å².